The molecule has 0 aliphatic rings. The van der Waals surface area contributed by atoms with Gasteiger partial charge < -0.3 is 9.84 Å². The minimum absolute atomic E-state index is 0.0126. The predicted molar refractivity (Wildman–Crippen MR) is 65.0 cm³/mol. The number of aromatic nitrogens is 1. The highest BCUT2D eigenvalue weighted by Crippen LogP contribution is 2.30. The number of aromatic carboxylic acids is 1. The first-order valence-electron chi connectivity index (χ1n) is 4.81. The molecule has 0 amide bonds. The number of carboxylic acid groups (broad SMARTS) is 1. The van der Waals surface area contributed by atoms with Crippen LogP contribution in [0.2, 0.25) is 0 Å². The minimum atomic E-state index is -1.10. The molecule has 0 fully saturated rings. The summed E-state index contributed by atoms with van der Waals surface area (Å²) in [4.78, 5) is 15.2. The molecule has 86 valence electrons. The van der Waals surface area contributed by atoms with Gasteiger partial charge in [0.05, 0.1) is 4.90 Å². The van der Waals surface area contributed by atoms with Gasteiger partial charge in [0.15, 0.2) is 5.75 Å². The number of carbonyl (C=O) groups is 1. The van der Waals surface area contributed by atoms with Crippen molar-refractivity contribution in [2.75, 3.05) is 0 Å². The summed E-state index contributed by atoms with van der Waals surface area (Å²) in [6.45, 7) is 0. The first-order chi connectivity index (χ1) is 8.18. The van der Waals surface area contributed by atoms with E-state index in [1.54, 1.807) is 24.3 Å². The molecule has 1 aromatic carbocycles. The van der Waals surface area contributed by atoms with Gasteiger partial charge >= 0.3 is 5.97 Å². The van der Waals surface area contributed by atoms with Crippen molar-refractivity contribution in [3.63, 3.8) is 0 Å². The third-order valence-electron chi connectivity index (χ3n) is 2.07. The van der Waals surface area contributed by atoms with Crippen LogP contribution in [0.4, 0.5) is 0 Å². The fraction of sp³-hybridized carbons (Fsp3) is 0. The maximum Gasteiger partial charge on any atom is 0.341 e. The van der Waals surface area contributed by atoms with Gasteiger partial charge in [0.2, 0.25) is 0 Å². The maximum atomic E-state index is 11.0. The van der Waals surface area contributed by atoms with Crippen molar-refractivity contribution < 1.29 is 14.6 Å². The SMILES string of the molecule is O=C(O)c1cncc(S)c1Oc1ccccc1. The lowest BCUT2D eigenvalue weighted by atomic mass is 10.2. The summed E-state index contributed by atoms with van der Waals surface area (Å²) in [6.07, 6.45) is 2.67. The van der Waals surface area contributed by atoms with Gasteiger partial charge in [-0.1, -0.05) is 18.2 Å². The number of thiol groups is 1. The Labute approximate surface area is 103 Å². The third-order valence-corrected chi connectivity index (χ3v) is 2.39. The normalized spacial score (nSPS) is 9.94. The van der Waals surface area contributed by atoms with Crippen LogP contribution in [0, 0.1) is 0 Å². The number of hydrogen-bond donors (Lipinski definition) is 2. The monoisotopic (exact) mass is 247 g/mol. The molecule has 17 heavy (non-hydrogen) atoms. The second-order valence-corrected chi connectivity index (χ2v) is 3.74. The van der Waals surface area contributed by atoms with Gasteiger partial charge in [-0.15, -0.1) is 12.6 Å². The average molecular weight is 247 g/mol. The van der Waals surface area contributed by atoms with Crippen LogP contribution in [0.25, 0.3) is 0 Å². The van der Waals surface area contributed by atoms with Gasteiger partial charge in [0.1, 0.15) is 11.3 Å². The molecule has 0 unspecified atom stereocenters. The van der Waals surface area contributed by atoms with Crippen LogP contribution < -0.4 is 4.74 Å². The smallest absolute Gasteiger partial charge is 0.341 e. The van der Waals surface area contributed by atoms with E-state index in [0.717, 1.165) is 0 Å². The van der Waals surface area contributed by atoms with Gasteiger partial charge in [0.25, 0.3) is 0 Å². The average Bonchev–Trinajstić information content (AvgIpc) is 2.33. The maximum absolute atomic E-state index is 11.0. The highest BCUT2D eigenvalue weighted by atomic mass is 32.1. The summed E-state index contributed by atoms with van der Waals surface area (Å²) in [7, 11) is 0. The molecule has 4 nitrogen and oxygen atoms in total. The van der Waals surface area contributed by atoms with E-state index in [4.69, 9.17) is 9.84 Å². The molecule has 0 atom stereocenters. The Kier molecular flexibility index (Phi) is 3.30. The Morgan fingerprint density at radius 2 is 1.94 bits per heavy atom. The first-order valence-corrected chi connectivity index (χ1v) is 5.26. The van der Waals surface area contributed by atoms with Crippen molar-refractivity contribution in [2.24, 2.45) is 0 Å². The number of rotatable bonds is 3. The van der Waals surface area contributed by atoms with E-state index in [9.17, 15) is 4.79 Å². The molecular weight excluding hydrogens is 238 g/mol. The second kappa shape index (κ2) is 4.88. The molecule has 1 aromatic heterocycles. The Morgan fingerprint density at radius 3 is 2.59 bits per heavy atom. The number of nitrogens with zero attached hydrogens (tertiary/aromatic N) is 1. The van der Waals surface area contributed by atoms with Crippen LogP contribution in [-0.2, 0) is 0 Å². The fourth-order valence-corrected chi connectivity index (χ4v) is 1.54. The lowest BCUT2D eigenvalue weighted by molar-refractivity contribution is 0.0693. The lowest BCUT2D eigenvalue weighted by Gasteiger charge is -2.10. The van der Waals surface area contributed by atoms with Crippen LogP contribution in [0.3, 0.4) is 0 Å². The molecule has 0 radical (unpaired) electrons. The zero-order valence-corrected chi connectivity index (χ0v) is 9.59. The fourth-order valence-electron chi connectivity index (χ4n) is 1.30. The van der Waals surface area contributed by atoms with E-state index in [1.807, 2.05) is 6.07 Å². The van der Waals surface area contributed by atoms with Crippen LogP contribution in [-0.4, -0.2) is 16.1 Å². The summed E-state index contributed by atoms with van der Waals surface area (Å²) >= 11 is 4.14. The van der Waals surface area contributed by atoms with E-state index < -0.39 is 5.97 Å². The number of carboxylic acids is 1. The number of benzene rings is 1. The van der Waals surface area contributed by atoms with E-state index in [2.05, 4.69) is 17.6 Å². The quantitative estimate of drug-likeness (QED) is 0.819. The third kappa shape index (κ3) is 2.57. The molecule has 0 saturated heterocycles. The Balaban J connectivity index is 2.41. The summed E-state index contributed by atoms with van der Waals surface area (Å²) in [5.74, 6) is -0.349. The first kappa shape index (κ1) is 11.5. The molecule has 2 aromatic rings. The van der Waals surface area contributed by atoms with Gasteiger partial charge in [-0.25, -0.2) is 4.79 Å². The topological polar surface area (TPSA) is 59.4 Å². The Hall–Kier alpha value is -2.01. The zero-order chi connectivity index (χ0) is 12.3. The van der Waals surface area contributed by atoms with E-state index in [1.165, 1.54) is 12.4 Å². The largest absolute Gasteiger partial charge is 0.477 e. The summed E-state index contributed by atoms with van der Waals surface area (Å²) in [5, 5.41) is 9.01. The van der Waals surface area contributed by atoms with Gasteiger partial charge in [0, 0.05) is 12.4 Å². The molecule has 0 bridgehead atoms. The summed E-state index contributed by atoms with van der Waals surface area (Å²) in [6, 6.07) is 8.92. The van der Waals surface area contributed by atoms with Crippen molar-refractivity contribution in [1.29, 1.82) is 0 Å². The second-order valence-electron chi connectivity index (χ2n) is 3.26. The summed E-state index contributed by atoms with van der Waals surface area (Å²) in [5.41, 5.74) is -0.0126. The lowest BCUT2D eigenvalue weighted by Crippen LogP contribution is -2.01. The van der Waals surface area contributed by atoms with Gasteiger partial charge in [-0.2, -0.15) is 0 Å². The molecule has 5 heteroatoms. The van der Waals surface area contributed by atoms with Gasteiger partial charge in [-0.3, -0.25) is 4.98 Å². The highest BCUT2D eigenvalue weighted by Gasteiger charge is 2.15. The molecule has 2 rings (SSSR count). The Bertz CT molecular complexity index is 543. The molecule has 0 aliphatic heterocycles. The predicted octanol–water partition coefficient (Wildman–Crippen LogP) is 2.86. The van der Waals surface area contributed by atoms with Crippen LogP contribution in [0.15, 0.2) is 47.6 Å². The molecular formula is C12H9NO3S. The van der Waals surface area contributed by atoms with Crippen LogP contribution in [0.1, 0.15) is 10.4 Å². The van der Waals surface area contributed by atoms with E-state index in [0.29, 0.717) is 10.6 Å². The van der Waals surface area contributed by atoms with Crippen molar-refractivity contribution in [3.8, 4) is 11.5 Å². The number of para-hydroxylation sites is 1. The van der Waals surface area contributed by atoms with Crippen LogP contribution in [0.5, 0.6) is 11.5 Å². The summed E-state index contributed by atoms with van der Waals surface area (Å²) < 4.78 is 5.50. The number of ether oxygens (including phenoxy) is 1. The number of hydrogen-bond acceptors (Lipinski definition) is 4. The standard InChI is InChI=1S/C12H9NO3S/c14-12(15)9-6-13-7-10(17)11(9)16-8-4-2-1-3-5-8/h1-7,17H,(H,14,15). The van der Waals surface area contributed by atoms with Gasteiger partial charge in [-0.05, 0) is 12.1 Å². The zero-order valence-electron chi connectivity index (χ0n) is 8.70. The van der Waals surface area contributed by atoms with E-state index in [-0.39, 0.29) is 11.3 Å². The van der Waals surface area contributed by atoms with E-state index >= 15 is 0 Å². The highest BCUT2D eigenvalue weighted by molar-refractivity contribution is 7.80. The number of pyridine rings is 1. The Morgan fingerprint density at radius 1 is 1.24 bits per heavy atom. The minimum Gasteiger partial charge on any atom is -0.477 e. The van der Waals surface area contributed by atoms with Crippen LogP contribution >= 0.6 is 12.6 Å². The molecule has 1 N–H and O–H groups in total. The molecule has 0 saturated carbocycles. The van der Waals surface area contributed by atoms with Crippen molar-refractivity contribution in [3.05, 3.63) is 48.3 Å². The molecule has 1 heterocycles. The van der Waals surface area contributed by atoms with Crippen molar-refractivity contribution in [1.82, 2.24) is 4.98 Å². The van der Waals surface area contributed by atoms with Crippen molar-refractivity contribution >= 4 is 18.6 Å². The van der Waals surface area contributed by atoms with Crippen molar-refractivity contribution in [2.45, 2.75) is 4.90 Å². The molecule has 0 spiro atoms. The molecule has 0 aliphatic carbocycles.